The molecule has 0 aromatic carbocycles. The number of carbonyl (C=O) groups is 8. The molecule has 5 unspecified atom stereocenters. The largest absolute Gasteiger partial charge is 0.282 e. The third kappa shape index (κ3) is 14.1. The van der Waals surface area contributed by atoms with Crippen molar-refractivity contribution in [2.75, 3.05) is 26.2 Å². The smallest absolute Gasteiger partial charge is 0.253 e. The molecule has 12 nitrogen and oxygen atoms in total. The van der Waals surface area contributed by atoms with Gasteiger partial charge in [0.15, 0.2) is 0 Å². The van der Waals surface area contributed by atoms with Crippen LogP contribution in [0.15, 0.2) is 48.1 Å². The summed E-state index contributed by atoms with van der Waals surface area (Å²) in [5, 5.41) is 0. The van der Waals surface area contributed by atoms with Crippen molar-refractivity contribution in [2.45, 2.75) is 121 Å². The van der Waals surface area contributed by atoms with Crippen LogP contribution in [0.1, 0.15) is 121 Å². The van der Waals surface area contributed by atoms with Gasteiger partial charge in [-0.25, -0.2) is 0 Å². The van der Waals surface area contributed by atoms with Gasteiger partial charge in [0.05, 0.1) is 5.92 Å². The summed E-state index contributed by atoms with van der Waals surface area (Å²) < 4.78 is 0. The van der Waals surface area contributed by atoms with Crippen molar-refractivity contribution in [3.63, 3.8) is 0 Å². The van der Waals surface area contributed by atoms with Crippen LogP contribution in [0.25, 0.3) is 0 Å². The Morgan fingerprint density at radius 2 is 0.966 bits per heavy atom. The first-order valence-corrected chi connectivity index (χ1v) is 21.0. The van der Waals surface area contributed by atoms with E-state index in [2.05, 4.69) is 40.7 Å². The van der Waals surface area contributed by atoms with Gasteiger partial charge < -0.3 is 0 Å². The molecule has 4 aliphatic heterocycles. The van der Waals surface area contributed by atoms with Crippen molar-refractivity contribution in [1.29, 1.82) is 0 Å². The molecule has 0 spiro atoms. The molecule has 1 fully saturated rings. The average Bonchev–Trinajstić information content (AvgIpc) is 3.79. The summed E-state index contributed by atoms with van der Waals surface area (Å²) in [6, 6.07) is 0. The molecule has 12 heteroatoms. The fourth-order valence-electron chi connectivity index (χ4n) is 9.04. The Bertz CT molecular complexity index is 1660. The molecule has 1 saturated heterocycles. The normalized spacial score (nSPS) is 21.0. The van der Waals surface area contributed by atoms with E-state index in [1.807, 2.05) is 41.5 Å². The van der Waals surface area contributed by atoms with Crippen LogP contribution in [0.2, 0.25) is 0 Å². The number of amides is 8. The van der Waals surface area contributed by atoms with E-state index in [1.165, 1.54) is 62.5 Å². The minimum Gasteiger partial charge on any atom is -0.282 e. The van der Waals surface area contributed by atoms with Crippen molar-refractivity contribution in [3.05, 3.63) is 48.1 Å². The zero-order chi connectivity index (χ0) is 43.7. The van der Waals surface area contributed by atoms with Gasteiger partial charge in [0, 0.05) is 69.1 Å². The van der Waals surface area contributed by atoms with Gasteiger partial charge in [-0.2, -0.15) is 0 Å². The number of hydrogen-bond donors (Lipinski definition) is 0. The van der Waals surface area contributed by atoms with E-state index in [-0.39, 0.29) is 82.3 Å². The quantitative estimate of drug-likeness (QED) is 0.0980. The Morgan fingerprint density at radius 1 is 0.586 bits per heavy atom. The van der Waals surface area contributed by atoms with Gasteiger partial charge in [0.2, 0.25) is 11.8 Å². The fraction of sp³-hybridized carbons (Fsp3) is 0.652. The number of nitrogens with zero attached hydrogens (tertiary/aromatic N) is 4. The Kier molecular flexibility index (Phi) is 16.9. The Balaban J connectivity index is 0.000000338. The number of rotatable bonds is 20. The lowest BCUT2D eigenvalue weighted by molar-refractivity contribution is -0.141. The maximum atomic E-state index is 13.1. The summed E-state index contributed by atoms with van der Waals surface area (Å²) in [4.78, 5) is 101. The minimum absolute atomic E-state index is 0.0722. The SMILES string of the molecule is C/C(=C\C(C)CC(C)CC(C)C)C1CC(=O)N(CCC(C)CC(C)(C)CN2C(=O)C=CC2=O)C1=O.CC(CCN1C(=O)C=CC1=O)CC(C)(C)CN1C(=O)C=CC1=O. The molecule has 4 aliphatic rings. The first-order chi connectivity index (χ1) is 26.9. The molecule has 0 N–H and O–H groups in total. The standard InChI is InChI=1S/C29H46N2O4.C17H22N2O4/c1-19(2)13-21(4)14-22(5)15-23(6)24-16-27(34)30(28(24)35)12-11-20(3)17-29(7,8)18-31-25(32)9-10-26(31)33;1-12(8-9-18-13(20)4-5-14(18)21)10-17(2,3)11-19-15(22)6-7-16(19)23/h9-10,15,19-22,24H,11-14,16-18H2,1-8H3;4-7,12H,8-11H2,1-3H3/b23-15+;. The summed E-state index contributed by atoms with van der Waals surface area (Å²) in [5.74, 6) is 0.114. The molecular formula is C46H68N4O8. The molecule has 0 aliphatic carbocycles. The number of hydrogen-bond acceptors (Lipinski definition) is 8. The van der Waals surface area contributed by atoms with E-state index in [0.29, 0.717) is 56.8 Å². The van der Waals surface area contributed by atoms with E-state index in [9.17, 15) is 38.4 Å². The first kappa shape index (κ1) is 47.9. The summed E-state index contributed by atoms with van der Waals surface area (Å²) in [7, 11) is 0. The highest BCUT2D eigenvalue weighted by Gasteiger charge is 2.40. The van der Waals surface area contributed by atoms with Crippen LogP contribution in [-0.2, 0) is 38.4 Å². The van der Waals surface area contributed by atoms with Crippen LogP contribution in [0, 0.1) is 46.3 Å². The molecule has 8 amide bonds. The van der Waals surface area contributed by atoms with Crippen LogP contribution < -0.4 is 0 Å². The topological polar surface area (TPSA) is 150 Å². The molecule has 0 bridgehead atoms. The molecule has 58 heavy (non-hydrogen) atoms. The summed E-state index contributed by atoms with van der Waals surface area (Å²) in [5.41, 5.74) is 0.534. The number of likely N-dealkylation sites (tertiary alicyclic amines) is 1. The lowest BCUT2D eigenvalue weighted by atomic mass is 9.81. The highest BCUT2D eigenvalue weighted by atomic mass is 16.2. The van der Waals surface area contributed by atoms with Crippen LogP contribution in [-0.4, -0.2) is 93.0 Å². The Labute approximate surface area is 346 Å². The second-order valence-electron chi connectivity index (χ2n) is 19.4. The van der Waals surface area contributed by atoms with E-state index in [1.54, 1.807) is 0 Å². The molecular weight excluding hydrogens is 737 g/mol. The molecule has 0 aromatic heterocycles. The van der Waals surface area contributed by atoms with E-state index in [4.69, 9.17) is 0 Å². The predicted octanol–water partition coefficient (Wildman–Crippen LogP) is 6.66. The predicted molar refractivity (Wildman–Crippen MR) is 223 cm³/mol. The zero-order valence-electron chi connectivity index (χ0n) is 36.8. The second-order valence-corrected chi connectivity index (χ2v) is 19.4. The summed E-state index contributed by atoms with van der Waals surface area (Å²) in [6.07, 6.45) is 15.5. The third-order valence-corrected chi connectivity index (χ3v) is 11.4. The zero-order valence-corrected chi connectivity index (χ0v) is 36.8. The van der Waals surface area contributed by atoms with Crippen LogP contribution in [0.4, 0.5) is 0 Å². The minimum atomic E-state index is -0.336. The number of imide groups is 4. The summed E-state index contributed by atoms with van der Waals surface area (Å²) in [6.45, 7) is 24.8. The van der Waals surface area contributed by atoms with Crippen LogP contribution >= 0.6 is 0 Å². The molecule has 4 heterocycles. The highest BCUT2D eigenvalue weighted by molar-refractivity contribution is 6.14. The maximum Gasteiger partial charge on any atom is 0.253 e. The molecule has 4 rings (SSSR count). The van der Waals surface area contributed by atoms with Gasteiger partial charge in [-0.1, -0.05) is 80.9 Å². The molecule has 5 atom stereocenters. The third-order valence-electron chi connectivity index (χ3n) is 11.4. The van der Waals surface area contributed by atoms with Gasteiger partial charge in [0.1, 0.15) is 0 Å². The molecule has 0 saturated carbocycles. The number of allylic oxidation sites excluding steroid dienone is 1. The highest BCUT2D eigenvalue weighted by Crippen LogP contribution is 2.33. The molecule has 0 aromatic rings. The Morgan fingerprint density at radius 3 is 1.36 bits per heavy atom. The monoisotopic (exact) mass is 805 g/mol. The van der Waals surface area contributed by atoms with Crippen molar-refractivity contribution in [1.82, 2.24) is 19.6 Å². The summed E-state index contributed by atoms with van der Waals surface area (Å²) >= 11 is 0. The van der Waals surface area contributed by atoms with E-state index >= 15 is 0 Å². The van der Waals surface area contributed by atoms with Crippen molar-refractivity contribution in [3.8, 4) is 0 Å². The van der Waals surface area contributed by atoms with Crippen LogP contribution in [0.3, 0.4) is 0 Å². The van der Waals surface area contributed by atoms with E-state index in [0.717, 1.165) is 24.8 Å². The maximum absolute atomic E-state index is 13.1. The Hall–Kier alpha value is -4.48. The van der Waals surface area contributed by atoms with Crippen molar-refractivity contribution < 1.29 is 38.4 Å². The lowest BCUT2D eigenvalue weighted by Gasteiger charge is -2.32. The van der Waals surface area contributed by atoms with Crippen molar-refractivity contribution >= 4 is 47.3 Å². The molecule has 320 valence electrons. The lowest BCUT2D eigenvalue weighted by Crippen LogP contribution is -2.39. The van der Waals surface area contributed by atoms with Gasteiger partial charge in [-0.3, -0.25) is 58.0 Å². The van der Waals surface area contributed by atoms with Crippen molar-refractivity contribution in [2.24, 2.45) is 46.3 Å². The van der Waals surface area contributed by atoms with Gasteiger partial charge in [0.25, 0.3) is 35.4 Å². The average molecular weight is 805 g/mol. The molecule has 0 radical (unpaired) electrons. The van der Waals surface area contributed by atoms with Gasteiger partial charge >= 0.3 is 0 Å². The van der Waals surface area contributed by atoms with E-state index < -0.39 is 0 Å². The second kappa shape index (κ2) is 20.5. The van der Waals surface area contributed by atoms with Crippen LogP contribution in [0.5, 0.6) is 0 Å². The number of carbonyl (C=O) groups excluding carboxylic acids is 8. The first-order valence-electron chi connectivity index (χ1n) is 21.0. The fourth-order valence-corrected chi connectivity index (χ4v) is 9.04. The van der Waals surface area contributed by atoms with Gasteiger partial charge in [-0.15, -0.1) is 0 Å². The van der Waals surface area contributed by atoms with Gasteiger partial charge in [-0.05, 0) is 85.9 Å².